The van der Waals surface area contributed by atoms with E-state index in [1.54, 1.807) is 31.9 Å². The van der Waals surface area contributed by atoms with Crippen LogP contribution in [0.3, 0.4) is 0 Å². The molecule has 50 heavy (non-hydrogen) atoms. The number of urea groups is 1. The Morgan fingerprint density at radius 2 is 1.68 bits per heavy atom. The Kier molecular flexibility index (Phi) is 11.3. The summed E-state index contributed by atoms with van der Waals surface area (Å²) in [6, 6.07) is 26.1. The predicted octanol–water partition coefficient (Wildman–Crippen LogP) is 4.70. The number of carbonyl (C=O) groups is 3. The van der Waals surface area contributed by atoms with Crippen LogP contribution in [-0.2, 0) is 22.6 Å². The van der Waals surface area contributed by atoms with E-state index in [1.165, 1.54) is 12.1 Å². The number of nitrogens with two attached hydrogens (primary N) is 1. The Labute approximate surface area is 291 Å². The number of rotatable bonds is 11. The van der Waals surface area contributed by atoms with Gasteiger partial charge in [0.05, 0.1) is 31.0 Å². The third-order valence-corrected chi connectivity index (χ3v) is 9.34. The summed E-state index contributed by atoms with van der Waals surface area (Å²) in [5, 5.41) is 27.8. The van der Waals surface area contributed by atoms with Gasteiger partial charge in [0, 0.05) is 24.2 Å². The molecule has 1 aliphatic rings. The lowest BCUT2D eigenvalue weighted by Gasteiger charge is -2.35. The fourth-order valence-electron chi connectivity index (χ4n) is 6.53. The van der Waals surface area contributed by atoms with E-state index in [2.05, 4.69) is 16.0 Å². The first-order valence-corrected chi connectivity index (χ1v) is 16.6. The molecule has 4 atom stereocenters. The van der Waals surface area contributed by atoms with E-state index in [-0.39, 0.29) is 31.3 Å². The smallest absolute Gasteiger partial charge is 0.318 e. The summed E-state index contributed by atoms with van der Waals surface area (Å²) in [5.41, 5.74) is 10.6. The summed E-state index contributed by atoms with van der Waals surface area (Å²) >= 11 is 0. The Morgan fingerprint density at radius 3 is 2.36 bits per heavy atom. The number of aliphatic hydroxyl groups is 2. The molecule has 4 aromatic rings. The van der Waals surface area contributed by atoms with Gasteiger partial charge in [-0.25, -0.2) is 9.18 Å². The molecule has 1 aliphatic heterocycles. The molecule has 0 bridgehead atoms. The lowest BCUT2D eigenvalue weighted by molar-refractivity contribution is -0.130. The van der Waals surface area contributed by atoms with E-state index in [1.807, 2.05) is 78.9 Å². The number of hydrogen-bond acceptors (Lipinski definition) is 6. The van der Waals surface area contributed by atoms with Crippen LogP contribution < -0.4 is 26.6 Å². The molecule has 0 aliphatic carbocycles. The van der Waals surface area contributed by atoms with Crippen molar-refractivity contribution in [3.63, 3.8) is 0 Å². The Hall–Kier alpha value is -5.10. The minimum atomic E-state index is -1.11. The molecule has 3 unspecified atom stereocenters. The highest BCUT2D eigenvalue weighted by Crippen LogP contribution is 2.37. The molecule has 10 nitrogen and oxygen atoms in total. The minimum absolute atomic E-state index is 0.0675. The maximum atomic E-state index is 14.8. The zero-order valence-corrected chi connectivity index (χ0v) is 28.4. The molecule has 4 amide bonds. The highest BCUT2D eigenvalue weighted by molar-refractivity contribution is 6.02. The standard InChI is InChI=1S/C39H44FN5O5/c1-39(2,21-29(47)23-46)35(41)36(48)44-34-31(25-9-5-4-6-10-25)20-27-19-28(40)17-18-33(27)45(37(34)49)22-24-13-15-26(16-14-24)30-11-7-8-12-32(30)43-38(50)42-3/h4-19,29,31,34-35,46-47H,20-23,41H2,1-3H3,(H,44,48)(H2,42,43,50)/t29-,31?,34?,35?/m0/s1. The SMILES string of the molecule is CNC(=O)Nc1ccccc1-c1ccc(CN2C(=O)C(NC(=O)C(N)C(C)(C)C[C@H](O)CO)C(c3ccccc3)Cc3cc(F)ccc32)cc1. The van der Waals surface area contributed by atoms with Gasteiger partial charge in [0.25, 0.3) is 5.91 Å². The first-order chi connectivity index (χ1) is 23.9. The van der Waals surface area contributed by atoms with E-state index in [0.717, 1.165) is 22.3 Å². The van der Waals surface area contributed by atoms with Crippen LogP contribution in [0.4, 0.5) is 20.6 Å². The van der Waals surface area contributed by atoms with Crippen molar-refractivity contribution in [2.75, 3.05) is 23.9 Å². The van der Waals surface area contributed by atoms with Crippen LogP contribution >= 0.6 is 0 Å². The maximum Gasteiger partial charge on any atom is 0.318 e. The normalized spacial score (nSPS) is 17.3. The van der Waals surface area contributed by atoms with Crippen LogP contribution in [0.2, 0.25) is 0 Å². The summed E-state index contributed by atoms with van der Waals surface area (Å²) in [5.74, 6) is -1.96. The third kappa shape index (κ3) is 8.19. The van der Waals surface area contributed by atoms with E-state index < -0.39 is 47.9 Å². The first kappa shape index (κ1) is 36.2. The van der Waals surface area contributed by atoms with Crippen molar-refractivity contribution in [1.82, 2.24) is 10.6 Å². The largest absolute Gasteiger partial charge is 0.394 e. The van der Waals surface area contributed by atoms with Crippen LogP contribution in [-0.4, -0.2) is 59.9 Å². The van der Waals surface area contributed by atoms with Crippen molar-refractivity contribution in [2.24, 2.45) is 11.1 Å². The summed E-state index contributed by atoms with van der Waals surface area (Å²) in [4.78, 5) is 42.1. The molecule has 7 N–H and O–H groups in total. The van der Waals surface area contributed by atoms with Gasteiger partial charge in [-0.1, -0.05) is 86.6 Å². The van der Waals surface area contributed by atoms with Crippen LogP contribution in [0, 0.1) is 11.2 Å². The zero-order chi connectivity index (χ0) is 36.0. The average Bonchev–Trinajstić information content (AvgIpc) is 3.22. The number of nitrogens with one attached hydrogen (secondary N) is 3. The van der Waals surface area contributed by atoms with Crippen LogP contribution in [0.25, 0.3) is 11.1 Å². The molecule has 0 spiro atoms. The number of nitrogens with zero attached hydrogens (tertiary/aromatic N) is 1. The van der Waals surface area contributed by atoms with Crippen molar-refractivity contribution in [3.8, 4) is 11.1 Å². The Bertz CT molecular complexity index is 1820. The number of benzene rings is 4. The molecule has 0 radical (unpaired) electrons. The number of halogens is 1. The summed E-state index contributed by atoms with van der Waals surface area (Å²) in [6.45, 7) is 3.10. The fourth-order valence-corrected chi connectivity index (χ4v) is 6.53. The number of amides is 4. The van der Waals surface area contributed by atoms with Gasteiger partial charge in [0.15, 0.2) is 0 Å². The van der Waals surface area contributed by atoms with E-state index in [4.69, 9.17) is 5.73 Å². The molecule has 0 saturated carbocycles. The molecule has 0 fully saturated rings. The second-order valence-corrected chi connectivity index (χ2v) is 13.4. The van der Waals surface area contributed by atoms with Crippen LogP contribution in [0.1, 0.15) is 42.9 Å². The van der Waals surface area contributed by atoms with Gasteiger partial charge in [-0.2, -0.15) is 0 Å². The molecular formula is C39H44FN5O5. The van der Waals surface area contributed by atoms with Gasteiger partial charge in [-0.15, -0.1) is 0 Å². The maximum absolute atomic E-state index is 14.8. The molecule has 0 saturated heterocycles. The number of hydrogen-bond donors (Lipinski definition) is 6. The third-order valence-electron chi connectivity index (χ3n) is 9.34. The molecule has 262 valence electrons. The van der Waals surface area contributed by atoms with Crippen molar-refractivity contribution in [1.29, 1.82) is 0 Å². The van der Waals surface area contributed by atoms with Crippen molar-refractivity contribution in [3.05, 3.63) is 120 Å². The van der Waals surface area contributed by atoms with Gasteiger partial charge >= 0.3 is 6.03 Å². The van der Waals surface area contributed by atoms with Crippen molar-refractivity contribution >= 4 is 29.2 Å². The van der Waals surface area contributed by atoms with E-state index >= 15 is 0 Å². The summed E-state index contributed by atoms with van der Waals surface area (Å²) in [6.07, 6.45) is -0.731. The minimum Gasteiger partial charge on any atom is -0.394 e. The second kappa shape index (κ2) is 15.6. The Balaban J connectivity index is 1.50. The van der Waals surface area contributed by atoms with Gasteiger partial charge in [-0.05, 0) is 64.8 Å². The highest BCUT2D eigenvalue weighted by atomic mass is 19.1. The molecule has 1 heterocycles. The van der Waals surface area contributed by atoms with Crippen LogP contribution in [0.15, 0.2) is 97.1 Å². The molecular weight excluding hydrogens is 637 g/mol. The number of carbonyl (C=O) groups excluding carboxylic acids is 3. The van der Waals surface area contributed by atoms with Gasteiger partial charge in [0.1, 0.15) is 11.9 Å². The first-order valence-electron chi connectivity index (χ1n) is 16.6. The number of aliphatic hydroxyl groups excluding tert-OH is 2. The van der Waals surface area contributed by atoms with Gasteiger partial charge < -0.3 is 36.8 Å². The average molecular weight is 682 g/mol. The zero-order valence-electron chi connectivity index (χ0n) is 28.4. The number of fused-ring (bicyclic) bond motifs is 1. The van der Waals surface area contributed by atoms with Gasteiger partial charge in [0.2, 0.25) is 5.91 Å². The number of anilines is 2. The summed E-state index contributed by atoms with van der Waals surface area (Å²) in [7, 11) is 1.54. The molecule has 0 aromatic heterocycles. The van der Waals surface area contributed by atoms with Gasteiger partial charge in [-0.3, -0.25) is 9.59 Å². The lowest BCUT2D eigenvalue weighted by atomic mass is 9.79. The van der Waals surface area contributed by atoms with Crippen molar-refractivity contribution < 1.29 is 29.0 Å². The Morgan fingerprint density at radius 1 is 1.00 bits per heavy atom. The van der Waals surface area contributed by atoms with Crippen molar-refractivity contribution in [2.45, 2.75) is 57.3 Å². The fraction of sp³-hybridized carbons (Fsp3) is 0.308. The monoisotopic (exact) mass is 681 g/mol. The molecule has 5 rings (SSSR count). The number of para-hydroxylation sites is 1. The van der Waals surface area contributed by atoms with Crippen LogP contribution in [0.5, 0.6) is 0 Å². The predicted molar refractivity (Wildman–Crippen MR) is 192 cm³/mol. The summed E-state index contributed by atoms with van der Waals surface area (Å²) < 4.78 is 14.8. The topological polar surface area (TPSA) is 157 Å². The van der Waals surface area contributed by atoms with E-state index in [0.29, 0.717) is 16.9 Å². The second-order valence-electron chi connectivity index (χ2n) is 13.4. The molecule has 11 heteroatoms. The molecule has 4 aromatic carbocycles. The lowest BCUT2D eigenvalue weighted by Crippen LogP contribution is -2.58. The van der Waals surface area contributed by atoms with E-state index in [9.17, 15) is 29.0 Å². The quantitative estimate of drug-likeness (QED) is 0.135. The highest BCUT2D eigenvalue weighted by Gasteiger charge is 2.42.